The van der Waals surface area contributed by atoms with Crippen LogP contribution in [-0.2, 0) is 9.53 Å². The Morgan fingerprint density at radius 1 is 1.67 bits per heavy atom. The molecule has 4 heteroatoms. The van der Waals surface area contributed by atoms with Crippen molar-refractivity contribution >= 4 is 5.97 Å². The fourth-order valence-electron chi connectivity index (χ4n) is 1.17. The van der Waals surface area contributed by atoms with E-state index < -0.39 is 11.5 Å². The van der Waals surface area contributed by atoms with E-state index in [2.05, 4.69) is 5.32 Å². The van der Waals surface area contributed by atoms with Gasteiger partial charge in [-0.25, -0.2) is 0 Å². The Morgan fingerprint density at radius 3 is 2.25 bits per heavy atom. The maximum Gasteiger partial charge on any atom is 0.326 e. The van der Waals surface area contributed by atoms with Crippen molar-refractivity contribution in [1.82, 2.24) is 5.32 Å². The summed E-state index contributed by atoms with van der Waals surface area (Å²) in [4.78, 5) is 10.9. The summed E-state index contributed by atoms with van der Waals surface area (Å²) in [7, 11) is 3.13. The topological polar surface area (TPSA) is 58.6 Å². The standard InChI is InChI=1S/C8H17NO3/c1-6(2)8(9-3,5-12-4)7(10)11/h6,9H,5H2,1-4H3,(H,10,11). The van der Waals surface area contributed by atoms with E-state index in [-0.39, 0.29) is 12.5 Å². The highest BCUT2D eigenvalue weighted by Gasteiger charge is 2.40. The van der Waals surface area contributed by atoms with E-state index in [9.17, 15) is 4.79 Å². The molecule has 4 nitrogen and oxygen atoms in total. The van der Waals surface area contributed by atoms with E-state index in [4.69, 9.17) is 9.84 Å². The van der Waals surface area contributed by atoms with E-state index in [1.807, 2.05) is 13.8 Å². The van der Waals surface area contributed by atoms with E-state index in [0.717, 1.165) is 0 Å². The van der Waals surface area contributed by atoms with Crippen LogP contribution < -0.4 is 5.32 Å². The number of likely N-dealkylation sites (N-methyl/N-ethyl adjacent to an activating group) is 1. The van der Waals surface area contributed by atoms with Crippen molar-refractivity contribution in [3.8, 4) is 0 Å². The van der Waals surface area contributed by atoms with Crippen LogP contribution in [-0.4, -0.2) is 37.4 Å². The Morgan fingerprint density at radius 2 is 2.17 bits per heavy atom. The first-order valence-corrected chi connectivity index (χ1v) is 3.92. The molecule has 0 bridgehead atoms. The molecule has 0 saturated heterocycles. The number of ether oxygens (including phenoxy) is 1. The van der Waals surface area contributed by atoms with Gasteiger partial charge in [-0.2, -0.15) is 0 Å². The lowest BCUT2D eigenvalue weighted by Crippen LogP contribution is -2.57. The summed E-state index contributed by atoms with van der Waals surface area (Å²) in [5.74, 6) is -0.887. The molecule has 72 valence electrons. The monoisotopic (exact) mass is 175 g/mol. The molecule has 0 fully saturated rings. The Bertz CT molecular complexity index is 158. The maximum atomic E-state index is 10.9. The molecule has 0 aromatic rings. The number of aliphatic carboxylic acids is 1. The van der Waals surface area contributed by atoms with Gasteiger partial charge in [0.1, 0.15) is 5.54 Å². The van der Waals surface area contributed by atoms with Gasteiger partial charge in [-0.05, 0) is 13.0 Å². The first kappa shape index (κ1) is 11.4. The molecule has 0 aliphatic heterocycles. The normalized spacial score (nSPS) is 16.1. The number of carboxylic acids is 1. The van der Waals surface area contributed by atoms with Gasteiger partial charge in [0, 0.05) is 7.11 Å². The Labute approximate surface area is 72.9 Å². The molecule has 0 aliphatic rings. The van der Waals surface area contributed by atoms with Crippen LogP contribution in [0.3, 0.4) is 0 Å². The molecular formula is C8H17NO3. The molecule has 0 spiro atoms. The molecule has 0 aromatic heterocycles. The zero-order valence-electron chi connectivity index (χ0n) is 8.05. The average Bonchev–Trinajstić information content (AvgIpc) is 1.98. The lowest BCUT2D eigenvalue weighted by Gasteiger charge is -2.31. The summed E-state index contributed by atoms with van der Waals surface area (Å²) < 4.78 is 4.88. The number of rotatable bonds is 5. The van der Waals surface area contributed by atoms with Gasteiger partial charge in [0.2, 0.25) is 0 Å². The molecular weight excluding hydrogens is 158 g/mol. The molecule has 0 amide bonds. The predicted octanol–water partition coefficient (Wildman–Crippen LogP) is 0.332. The zero-order chi connectivity index (χ0) is 9.78. The maximum absolute atomic E-state index is 10.9. The van der Waals surface area contributed by atoms with Crippen LogP contribution >= 0.6 is 0 Å². The lowest BCUT2D eigenvalue weighted by molar-refractivity contribution is -0.149. The minimum absolute atomic E-state index is 0.0139. The van der Waals surface area contributed by atoms with Crippen LogP contribution in [0.25, 0.3) is 0 Å². The predicted molar refractivity (Wildman–Crippen MR) is 46.1 cm³/mol. The smallest absolute Gasteiger partial charge is 0.326 e. The first-order chi connectivity index (χ1) is 5.51. The summed E-state index contributed by atoms with van der Waals surface area (Å²) in [5.41, 5.74) is -0.964. The molecule has 2 N–H and O–H groups in total. The largest absolute Gasteiger partial charge is 0.480 e. The van der Waals surface area contributed by atoms with Crippen molar-refractivity contribution in [2.45, 2.75) is 19.4 Å². The fourth-order valence-corrected chi connectivity index (χ4v) is 1.17. The molecule has 0 aromatic carbocycles. The highest BCUT2D eigenvalue weighted by atomic mass is 16.5. The van der Waals surface area contributed by atoms with E-state index in [1.54, 1.807) is 7.05 Å². The number of hydrogen-bond donors (Lipinski definition) is 2. The number of carbonyl (C=O) groups is 1. The third-order valence-corrected chi connectivity index (χ3v) is 2.19. The number of carboxylic acid groups (broad SMARTS) is 1. The number of methoxy groups -OCH3 is 1. The van der Waals surface area contributed by atoms with Gasteiger partial charge >= 0.3 is 5.97 Å². The molecule has 1 atom stereocenters. The van der Waals surface area contributed by atoms with Gasteiger partial charge in [0.25, 0.3) is 0 Å². The zero-order valence-corrected chi connectivity index (χ0v) is 8.05. The summed E-state index contributed by atoms with van der Waals surface area (Å²) in [6, 6.07) is 0. The quantitative estimate of drug-likeness (QED) is 0.632. The molecule has 12 heavy (non-hydrogen) atoms. The molecule has 0 saturated carbocycles. The molecule has 0 aliphatic carbocycles. The van der Waals surface area contributed by atoms with Gasteiger partial charge in [0.05, 0.1) is 6.61 Å². The van der Waals surface area contributed by atoms with Crippen LogP contribution in [0.4, 0.5) is 0 Å². The summed E-state index contributed by atoms with van der Waals surface area (Å²) in [6.45, 7) is 3.88. The second-order valence-corrected chi connectivity index (χ2v) is 3.11. The second kappa shape index (κ2) is 4.42. The fraction of sp³-hybridized carbons (Fsp3) is 0.875. The van der Waals surface area contributed by atoms with Crippen molar-refractivity contribution in [3.05, 3.63) is 0 Å². The van der Waals surface area contributed by atoms with Crippen LogP contribution in [0.1, 0.15) is 13.8 Å². The van der Waals surface area contributed by atoms with Crippen molar-refractivity contribution < 1.29 is 14.6 Å². The minimum atomic E-state index is -0.964. The number of nitrogens with one attached hydrogen (secondary N) is 1. The van der Waals surface area contributed by atoms with Crippen molar-refractivity contribution in [2.75, 3.05) is 20.8 Å². The Balaban J connectivity index is 4.63. The van der Waals surface area contributed by atoms with Gasteiger partial charge in [-0.1, -0.05) is 13.8 Å². The van der Waals surface area contributed by atoms with Crippen molar-refractivity contribution in [1.29, 1.82) is 0 Å². The van der Waals surface area contributed by atoms with Crippen LogP contribution in [0.2, 0.25) is 0 Å². The third kappa shape index (κ3) is 1.95. The molecule has 0 heterocycles. The highest BCUT2D eigenvalue weighted by Crippen LogP contribution is 2.17. The van der Waals surface area contributed by atoms with Gasteiger partial charge in [0.15, 0.2) is 0 Å². The molecule has 1 unspecified atom stereocenters. The molecule has 0 radical (unpaired) electrons. The third-order valence-electron chi connectivity index (χ3n) is 2.19. The van der Waals surface area contributed by atoms with Gasteiger partial charge in [-0.15, -0.1) is 0 Å². The van der Waals surface area contributed by atoms with E-state index >= 15 is 0 Å². The first-order valence-electron chi connectivity index (χ1n) is 3.92. The van der Waals surface area contributed by atoms with Crippen LogP contribution in [0, 0.1) is 5.92 Å². The number of hydrogen-bond acceptors (Lipinski definition) is 3. The van der Waals surface area contributed by atoms with Crippen molar-refractivity contribution in [3.63, 3.8) is 0 Å². The SMILES string of the molecule is CNC(COC)(C(=O)O)C(C)C. The second-order valence-electron chi connectivity index (χ2n) is 3.11. The van der Waals surface area contributed by atoms with Gasteiger partial charge in [-0.3, -0.25) is 4.79 Å². The lowest BCUT2D eigenvalue weighted by atomic mass is 9.87. The summed E-state index contributed by atoms with van der Waals surface area (Å²) in [5, 5.41) is 11.8. The van der Waals surface area contributed by atoms with Crippen LogP contribution in [0.15, 0.2) is 0 Å². The van der Waals surface area contributed by atoms with E-state index in [0.29, 0.717) is 0 Å². The highest BCUT2D eigenvalue weighted by molar-refractivity contribution is 5.79. The van der Waals surface area contributed by atoms with E-state index in [1.165, 1.54) is 7.11 Å². The average molecular weight is 175 g/mol. The van der Waals surface area contributed by atoms with Crippen LogP contribution in [0.5, 0.6) is 0 Å². The summed E-state index contributed by atoms with van der Waals surface area (Å²) in [6.07, 6.45) is 0. The Kier molecular flexibility index (Phi) is 4.20. The van der Waals surface area contributed by atoms with Gasteiger partial charge < -0.3 is 15.2 Å². The molecule has 0 rings (SSSR count). The summed E-state index contributed by atoms with van der Waals surface area (Å²) >= 11 is 0. The Hall–Kier alpha value is -0.610. The van der Waals surface area contributed by atoms with Crippen molar-refractivity contribution in [2.24, 2.45) is 5.92 Å². The minimum Gasteiger partial charge on any atom is -0.480 e.